The largest absolute Gasteiger partial charge is 0.508 e. The predicted octanol–water partition coefficient (Wildman–Crippen LogP) is 21.9. The van der Waals surface area contributed by atoms with Crippen LogP contribution in [-0.2, 0) is 38.2 Å². The normalized spacial score (nSPS) is 11.7. The van der Waals surface area contributed by atoms with Crippen LogP contribution >= 0.6 is 34.8 Å². The number of fused-ring (bicyclic) bond motifs is 3. The number of aromatic nitrogens is 6. The van der Waals surface area contributed by atoms with Crippen molar-refractivity contribution in [2.45, 2.75) is 45.1 Å². The minimum Gasteiger partial charge on any atom is -0.508 e. The molecule has 0 aliphatic heterocycles. The van der Waals surface area contributed by atoms with Gasteiger partial charge < -0.3 is 41.5 Å². The molecule has 6 heterocycles. The van der Waals surface area contributed by atoms with Crippen LogP contribution in [0.1, 0.15) is 89.1 Å². The highest BCUT2D eigenvalue weighted by Crippen LogP contribution is 2.45. The number of aromatic hydroxyl groups is 1. The standard InChI is InChI=1S/C28H20ClF3N2O3.C27H18ClF3N2O3.C26H16ClF3N2O3/c1-2-36-20-12-13-22-21(14-20)24(25(35)23-15-33-27(37-23)18-6-4-3-5-7-18)26(28(30,31)32)34(22)16-17-8-10-19(29)11-9-17;1-35-19-11-12-21-20(13-19)23(24(34)22-14-32-26(36-22)17-5-3-2-4-6-17)25(27(29,30)31)33(21)15-16-7-9-18(28)10-8-16;27-17-8-6-15(7-9-17)14-32-20-11-10-18(33)12-19(20)22(24(32)26(28,29)30)23(34)21-13-31-25(35-21)16-4-2-1-3-5-16/h3-15H,2,16H2,1H3;2-14H,15H2,1H3;1-13,33H,14H2. The number of phenols is 1. The average Bonchev–Trinajstić information content (AvgIpc) is 1.60. The van der Waals surface area contributed by atoms with Gasteiger partial charge in [0, 0.05) is 84.1 Å². The molecule has 0 bridgehead atoms. The van der Waals surface area contributed by atoms with Crippen molar-refractivity contribution in [2.24, 2.45) is 0 Å². The third-order valence-electron chi connectivity index (χ3n) is 17.2. The van der Waals surface area contributed by atoms with Crippen LogP contribution in [0, 0.1) is 0 Å². The fourth-order valence-corrected chi connectivity index (χ4v) is 12.8. The fourth-order valence-electron chi connectivity index (χ4n) is 12.4. The molecule has 15 nitrogen and oxygen atoms in total. The molecule has 15 rings (SSSR count). The molecule has 0 atom stereocenters. The second kappa shape index (κ2) is 30.8. The van der Waals surface area contributed by atoms with E-state index >= 15 is 0 Å². The molecule has 0 saturated carbocycles. The zero-order valence-corrected chi connectivity index (χ0v) is 58.5. The first kappa shape index (κ1) is 74.2. The number of carbonyl (C=O) groups excluding carboxylic acids is 3. The van der Waals surface area contributed by atoms with Crippen molar-refractivity contribution in [3.63, 3.8) is 0 Å². The fraction of sp³-hybridized carbons (Fsp3) is 0.111. The summed E-state index contributed by atoms with van der Waals surface area (Å²) in [5.74, 6) is -3.00. The molecule has 108 heavy (non-hydrogen) atoms. The van der Waals surface area contributed by atoms with Crippen molar-refractivity contribution in [1.29, 1.82) is 0 Å². The lowest BCUT2D eigenvalue weighted by atomic mass is 10.0. The zero-order valence-electron chi connectivity index (χ0n) is 56.3. The first-order valence-electron chi connectivity index (χ1n) is 32.7. The number of ether oxygens (including phenoxy) is 2. The first-order valence-corrected chi connectivity index (χ1v) is 33.8. The molecule has 0 aliphatic carbocycles. The van der Waals surface area contributed by atoms with Gasteiger partial charge in [0.2, 0.25) is 35.0 Å². The van der Waals surface area contributed by atoms with Gasteiger partial charge in [0.15, 0.2) is 17.3 Å². The molecule has 546 valence electrons. The highest BCUT2D eigenvalue weighted by atomic mass is 35.5. The molecule has 9 aromatic carbocycles. The predicted molar refractivity (Wildman–Crippen MR) is 388 cm³/mol. The van der Waals surface area contributed by atoms with E-state index in [2.05, 4.69) is 15.0 Å². The number of hydrogen-bond acceptors (Lipinski definition) is 12. The van der Waals surface area contributed by atoms with E-state index in [0.29, 0.717) is 66.6 Å². The molecule has 0 unspecified atom stereocenters. The molecular weight excluding hydrogens is 1480 g/mol. The molecule has 0 fully saturated rings. The van der Waals surface area contributed by atoms with Crippen LogP contribution in [0.2, 0.25) is 15.1 Å². The van der Waals surface area contributed by atoms with Gasteiger partial charge >= 0.3 is 18.5 Å². The Morgan fingerprint density at radius 1 is 0.407 bits per heavy atom. The Labute approximate surface area is 622 Å². The summed E-state index contributed by atoms with van der Waals surface area (Å²) < 4.78 is 162. The summed E-state index contributed by atoms with van der Waals surface area (Å²) in [6.45, 7) is 1.65. The zero-order chi connectivity index (χ0) is 76.3. The van der Waals surface area contributed by atoms with Crippen molar-refractivity contribution >= 4 is 84.9 Å². The number of hydrogen-bond donors (Lipinski definition) is 1. The molecule has 15 aromatic rings. The van der Waals surface area contributed by atoms with Crippen LogP contribution in [-0.4, -0.2) is 64.8 Å². The van der Waals surface area contributed by atoms with Gasteiger partial charge in [-0.05, 0) is 151 Å². The molecular formula is C81H54Cl3F9N6O9. The van der Waals surface area contributed by atoms with Crippen LogP contribution in [0.5, 0.6) is 17.2 Å². The number of oxazole rings is 3. The van der Waals surface area contributed by atoms with Crippen LogP contribution in [0.25, 0.3) is 67.1 Å². The van der Waals surface area contributed by atoms with Crippen molar-refractivity contribution in [3.05, 3.63) is 320 Å². The number of benzene rings is 9. The summed E-state index contributed by atoms with van der Waals surface area (Å²) in [6, 6.07) is 58.4. The van der Waals surface area contributed by atoms with Crippen molar-refractivity contribution < 1.29 is 81.7 Å². The average molecular weight is 1530 g/mol. The Bertz CT molecular complexity index is 5790. The second-order valence-electron chi connectivity index (χ2n) is 24.2. The SMILES string of the molecule is CCOc1ccc2c(c1)c(C(=O)c1cnc(-c3ccccc3)o1)c(C(F)(F)F)n2Cc1ccc(Cl)cc1.COc1ccc2c(c1)c(C(=O)c1cnc(-c3ccccc3)o1)c(C(F)(F)F)n2Cc1ccc(Cl)cc1.O=C(c1cnc(-c2ccccc2)o1)c1c(C(F)(F)F)n(Cc2ccc(Cl)cc2)c2ccc(O)cc12. The number of rotatable bonds is 18. The third-order valence-corrected chi connectivity index (χ3v) is 17.9. The molecule has 0 radical (unpaired) electrons. The minimum absolute atomic E-state index is 0.0473. The lowest BCUT2D eigenvalue weighted by molar-refractivity contribution is -0.144. The van der Waals surface area contributed by atoms with E-state index < -0.39 is 69.7 Å². The van der Waals surface area contributed by atoms with Gasteiger partial charge in [0.25, 0.3) is 0 Å². The lowest BCUT2D eigenvalue weighted by Crippen LogP contribution is -2.18. The topological polar surface area (TPSA) is 183 Å². The van der Waals surface area contributed by atoms with Gasteiger partial charge in [-0.1, -0.05) is 126 Å². The summed E-state index contributed by atoms with van der Waals surface area (Å²) in [5, 5.41) is 11.6. The van der Waals surface area contributed by atoms with E-state index in [4.69, 9.17) is 57.5 Å². The molecule has 0 aliphatic rings. The number of alkyl halides is 9. The number of ketones is 3. The van der Waals surface area contributed by atoms with E-state index in [0.717, 1.165) is 38.4 Å². The highest BCUT2D eigenvalue weighted by molar-refractivity contribution is 6.31. The monoisotopic (exact) mass is 1530 g/mol. The van der Waals surface area contributed by atoms with E-state index in [-0.39, 0.29) is 93.0 Å². The number of carbonyl (C=O) groups is 3. The van der Waals surface area contributed by atoms with Crippen LogP contribution in [0.15, 0.2) is 250 Å². The molecule has 27 heteroatoms. The van der Waals surface area contributed by atoms with E-state index in [1.54, 1.807) is 183 Å². The van der Waals surface area contributed by atoms with E-state index in [1.807, 2.05) is 0 Å². The summed E-state index contributed by atoms with van der Waals surface area (Å²) in [5.41, 5.74) is -0.873. The Morgan fingerprint density at radius 3 is 1.01 bits per heavy atom. The Kier molecular flexibility index (Phi) is 21.1. The Hall–Kier alpha value is -12.1. The summed E-state index contributed by atoms with van der Waals surface area (Å²) in [6.07, 6.45) is -11.2. The van der Waals surface area contributed by atoms with Crippen molar-refractivity contribution in [3.8, 4) is 51.6 Å². The van der Waals surface area contributed by atoms with Gasteiger partial charge in [0.1, 0.15) is 34.3 Å². The maximum atomic E-state index is 14.6. The molecule has 1 N–H and O–H groups in total. The molecule has 0 spiro atoms. The Morgan fingerprint density at radius 2 is 0.704 bits per heavy atom. The summed E-state index contributed by atoms with van der Waals surface area (Å²) >= 11 is 17.8. The highest BCUT2D eigenvalue weighted by Gasteiger charge is 2.45. The summed E-state index contributed by atoms with van der Waals surface area (Å²) in [4.78, 5) is 53.0. The van der Waals surface area contributed by atoms with Gasteiger partial charge in [-0.3, -0.25) is 14.4 Å². The van der Waals surface area contributed by atoms with E-state index in [1.165, 1.54) is 43.5 Å². The lowest BCUT2D eigenvalue weighted by Gasteiger charge is -2.15. The maximum absolute atomic E-state index is 14.6. The Balaban J connectivity index is 0.000000143. The van der Waals surface area contributed by atoms with Crippen molar-refractivity contribution in [2.75, 3.05) is 13.7 Å². The molecule has 0 saturated heterocycles. The molecule has 6 aromatic heterocycles. The minimum atomic E-state index is -4.88. The van der Waals surface area contributed by atoms with Gasteiger partial charge in [-0.2, -0.15) is 39.5 Å². The number of phenolic OH excluding ortho intramolecular Hbond substituents is 1. The third kappa shape index (κ3) is 15.7. The van der Waals surface area contributed by atoms with Gasteiger partial charge in [-0.15, -0.1) is 0 Å². The summed E-state index contributed by atoms with van der Waals surface area (Å²) in [7, 11) is 1.40. The second-order valence-corrected chi connectivity index (χ2v) is 25.5. The first-order chi connectivity index (χ1) is 51.7. The smallest absolute Gasteiger partial charge is 0.432 e. The van der Waals surface area contributed by atoms with Crippen molar-refractivity contribution in [1.82, 2.24) is 28.7 Å². The van der Waals surface area contributed by atoms with Gasteiger partial charge in [0.05, 0.1) is 49.0 Å². The van der Waals surface area contributed by atoms with E-state index in [9.17, 15) is 59.0 Å². The van der Waals surface area contributed by atoms with Gasteiger partial charge in [-0.25, -0.2) is 15.0 Å². The molecule has 0 amide bonds. The van der Waals surface area contributed by atoms with Crippen LogP contribution < -0.4 is 9.47 Å². The maximum Gasteiger partial charge on any atom is 0.432 e. The van der Waals surface area contributed by atoms with Crippen LogP contribution in [0.4, 0.5) is 39.5 Å². The number of nitrogens with zero attached hydrogens (tertiary/aromatic N) is 6. The number of methoxy groups -OCH3 is 1. The van der Waals surface area contributed by atoms with Crippen LogP contribution in [0.3, 0.4) is 0 Å². The quantitative estimate of drug-likeness (QED) is 0.0635. The number of halogens is 12.